The number of rotatable bonds is 9. The normalized spacial score (nSPS) is 12.5. The molecule has 218 valence electrons. The summed E-state index contributed by atoms with van der Waals surface area (Å²) in [4.78, 5) is 41.7. The van der Waals surface area contributed by atoms with Crippen LogP contribution >= 0.6 is 0 Å². The Morgan fingerprint density at radius 1 is 0.951 bits per heavy atom. The van der Waals surface area contributed by atoms with Gasteiger partial charge in [0.2, 0.25) is 5.91 Å². The van der Waals surface area contributed by atoms with Crippen LogP contribution in [0.1, 0.15) is 43.5 Å². The number of aromatic hydroxyl groups is 2. The van der Waals surface area contributed by atoms with Gasteiger partial charge in [-0.2, -0.15) is 0 Å². The Bertz CT molecular complexity index is 1370. The van der Waals surface area contributed by atoms with E-state index in [2.05, 4.69) is 10.6 Å². The number of aryl methyl sites for hydroxylation is 1. The number of amides is 3. The number of methoxy groups -OCH3 is 1. The Hall–Kier alpha value is -4.73. The minimum absolute atomic E-state index is 0.0499. The average Bonchev–Trinajstić information content (AvgIpc) is 2.90. The van der Waals surface area contributed by atoms with Gasteiger partial charge in [-0.15, -0.1) is 0 Å². The molecule has 0 spiro atoms. The molecule has 0 fully saturated rings. The van der Waals surface area contributed by atoms with Crippen LogP contribution in [0.4, 0.5) is 10.5 Å². The van der Waals surface area contributed by atoms with Crippen molar-refractivity contribution in [1.82, 2.24) is 10.2 Å². The van der Waals surface area contributed by atoms with Gasteiger partial charge in [0.1, 0.15) is 34.9 Å². The topological polar surface area (TPSA) is 137 Å². The highest BCUT2D eigenvalue weighted by Gasteiger charge is 2.34. The van der Waals surface area contributed by atoms with Crippen LogP contribution in [0.2, 0.25) is 0 Å². The smallest absolute Gasteiger partial charge is 0.408 e. The molecular weight excluding hydrogens is 526 g/mol. The molecule has 3 amide bonds. The second-order valence-corrected chi connectivity index (χ2v) is 10.7. The van der Waals surface area contributed by atoms with E-state index in [1.54, 1.807) is 76.2 Å². The lowest BCUT2D eigenvalue weighted by Crippen LogP contribution is -2.52. The molecule has 0 aliphatic carbocycles. The second kappa shape index (κ2) is 13.1. The third-order valence-electron chi connectivity index (χ3n) is 6.24. The van der Waals surface area contributed by atoms with E-state index in [4.69, 9.17) is 9.47 Å². The summed E-state index contributed by atoms with van der Waals surface area (Å²) in [5.41, 5.74) is 1.35. The van der Waals surface area contributed by atoms with E-state index >= 15 is 0 Å². The summed E-state index contributed by atoms with van der Waals surface area (Å²) in [7, 11) is 3.01. The number of ether oxygens (including phenoxy) is 2. The highest BCUT2D eigenvalue weighted by Crippen LogP contribution is 2.28. The number of likely N-dealkylation sites (N-methyl/N-ethyl adjacent to an activating group) is 1. The molecule has 0 aromatic heterocycles. The van der Waals surface area contributed by atoms with Crippen molar-refractivity contribution in [3.63, 3.8) is 0 Å². The number of nitrogens with zero attached hydrogens (tertiary/aromatic N) is 1. The van der Waals surface area contributed by atoms with Crippen LogP contribution in [-0.4, -0.2) is 58.8 Å². The minimum atomic E-state index is -1.12. The molecule has 0 radical (unpaired) electrons. The monoisotopic (exact) mass is 563 g/mol. The number of alkyl carbamates (subject to hydrolysis) is 1. The van der Waals surface area contributed by atoms with Crippen molar-refractivity contribution in [2.24, 2.45) is 0 Å². The summed E-state index contributed by atoms with van der Waals surface area (Å²) < 4.78 is 10.6. The predicted octanol–water partition coefficient (Wildman–Crippen LogP) is 4.69. The standard InChI is InChI=1S/C31H37N3O7/c1-19-17-21(9-16-26(19)36)27(28(37)32-22-10-14-24(40-6)15-11-22)34(5)29(38)25(33-30(39)41-31(2,3)4)18-20-7-12-23(35)13-8-20/h7-17,25,27,35-36H,18H2,1-6H3,(H,32,37)(H,33,39). The Kier molecular flexibility index (Phi) is 9.83. The first-order valence-electron chi connectivity index (χ1n) is 13.1. The summed E-state index contributed by atoms with van der Waals surface area (Å²) >= 11 is 0. The lowest BCUT2D eigenvalue weighted by Gasteiger charge is -2.32. The first-order valence-corrected chi connectivity index (χ1v) is 13.1. The van der Waals surface area contributed by atoms with Gasteiger partial charge in [-0.05, 0) is 92.9 Å². The van der Waals surface area contributed by atoms with Gasteiger partial charge in [-0.25, -0.2) is 4.79 Å². The summed E-state index contributed by atoms with van der Waals surface area (Å²) in [6.45, 7) is 6.82. The largest absolute Gasteiger partial charge is 0.508 e. The van der Waals surface area contributed by atoms with Crippen LogP contribution in [0.3, 0.4) is 0 Å². The van der Waals surface area contributed by atoms with Crippen molar-refractivity contribution in [3.05, 3.63) is 83.4 Å². The van der Waals surface area contributed by atoms with Crippen LogP contribution in [0, 0.1) is 6.92 Å². The minimum Gasteiger partial charge on any atom is -0.508 e. The number of benzene rings is 3. The maximum Gasteiger partial charge on any atom is 0.408 e. The fraction of sp³-hybridized carbons (Fsp3) is 0.323. The van der Waals surface area contributed by atoms with Crippen LogP contribution in [-0.2, 0) is 20.7 Å². The zero-order valence-corrected chi connectivity index (χ0v) is 24.1. The number of anilines is 1. The predicted molar refractivity (Wildman–Crippen MR) is 155 cm³/mol. The molecule has 0 aliphatic heterocycles. The molecule has 0 heterocycles. The van der Waals surface area contributed by atoms with Gasteiger partial charge in [-0.3, -0.25) is 9.59 Å². The lowest BCUT2D eigenvalue weighted by atomic mass is 9.99. The summed E-state index contributed by atoms with van der Waals surface area (Å²) in [5.74, 6) is -0.326. The van der Waals surface area contributed by atoms with Crippen molar-refractivity contribution in [2.45, 2.75) is 51.8 Å². The third-order valence-corrected chi connectivity index (χ3v) is 6.24. The zero-order chi connectivity index (χ0) is 30.3. The first kappa shape index (κ1) is 30.8. The van der Waals surface area contributed by atoms with Crippen molar-refractivity contribution >= 4 is 23.6 Å². The summed E-state index contributed by atoms with van der Waals surface area (Å²) in [6, 6.07) is 15.4. The number of phenolic OH excluding ortho intramolecular Hbond substituents is 2. The van der Waals surface area contributed by atoms with E-state index in [1.165, 1.54) is 37.3 Å². The number of nitrogens with one attached hydrogen (secondary N) is 2. The molecule has 4 N–H and O–H groups in total. The SMILES string of the molecule is COc1ccc(NC(=O)C(c2ccc(O)c(C)c2)N(C)C(=O)C(Cc2ccc(O)cc2)NC(=O)OC(C)(C)C)cc1. The fourth-order valence-corrected chi connectivity index (χ4v) is 4.18. The number of hydrogen-bond donors (Lipinski definition) is 4. The van der Waals surface area contributed by atoms with Gasteiger partial charge in [-0.1, -0.05) is 18.2 Å². The van der Waals surface area contributed by atoms with Crippen molar-refractivity contribution in [1.29, 1.82) is 0 Å². The summed E-state index contributed by atoms with van der Waals surface area (Å²) in [6.07, 6.45) is -0.716. The Balaban J connectivity index is 1.97. The molecule has 10 nitrogen and oxygen atoms in total. The molecule has 2 atom stereocenters. The maximum atomic E-state index is 14.0. The van der Waals surface area contributed by atoms with Crippen LogP contribution < -0.4 is 15.4 Å². The molecule has 3 rings (SSSR count). The van der Waals surface area contributed by atoms with E-state index in [1.807, 2.05) is 0 Å². The van der Waals surface area contributed by atoms with E-state index in [9.17, 15) is 24.6 Å². The van der Waals surface area contributed by atoms with Crippen LogP contribution in [0.5, 0.6) is 17.2 Å². The quantitative estimate of drug-likeness (QED) is 0.296. The number of phenols is 2. The van der Waals surface area contributed by atoms with E-state index in [0.717, 1.165) is 0 Å². The molecule has 41 heavy (non-hydrogen) atoms. The van der Waals surface area contributed by atoms with Gasteiger partial charge in [0.15, 0.2) is 0 Å². The molecule has 0 saturated heterocycles. The Morgan fingerprint density at radius 3 is 2.15 bits per heavy atom. The average molecular weight is 564 g/mol. The molecule has 2 unspecified atom stereocenters. The van der Waals surface area contributed by atoms with Gasteiger partial charge < -0.3 is 35.2 Å². The van der Waals surface area contributed by atoms with Gasteiger partial charge in [0.25, 0.3) is 5.91 Å². The number of hydrogen-bond acceptors (Lipinski definition) is 7. The lowest BCUT2D eigenvalue weighted by molar-refractivity contribution is -0.139. The van der Waals surface area contributed by atoms with Gasteiger partial charge in [0, 0.05) is 19.2 Å². The van der Waals surface area contributed by atoms with E-state index in [-0.39, 0.29) is 17.9 Å². The molecular formula is C31H37N3O7. The van der Waals surface area contributed by atoms with Crippen molar-refractivity contribution < 1.29 is 34.1 Å². The molecule has 0 aliphatic rings. The molecule has 3 aromatic carbocycles. The molecule has 3 aromatic rings. The van der Waals surface area contributed by atoms with Crippen molar-refractivity contribution in [3.8, 4) is 17.2 Å². The first-order chi connectivity index (χ1) is 19.3. The summed E-state index contributed by atoms with van der Waals surface area (Å²) in [5, 5.41) is 25.3. The Morgan fingerprint density at radius 2 is 1.59 bits per heavy atom. The van der Waals surface area contributed by atoms with Crippen molar-refractivity contribution in [2.75, 3.05) is 19.5 Å². The van der Waals surface area contributed by atoms with Gasteiger partial charge in [0.05, 0.1) is 7.11 Å². The zero-order valence-electron chi connectivity index (χ0n) is 24.1. The second-order valence-electron chi connectivity index (χ2n) is 10.7. The molecule has 0 saturated carbocycles. The van der Waals surface area contributed by atoms with Crippen LogP contribution in [0.15, 0.2) is 66.7 Å². The fourth-order valence-electron chi connectivity index (χ4n) is 4.18. The molecule has 10 heteroatoms. The number of carbonyl (C=O) groups excluding carboxylic acids is 3. The van der Waals surface area contributed by atoms with E-state index in [0.29, 0.717) is 28.1 Å². The van der Waals surface area contributed by atoms with Crippen LogP contribution in [0.25, 0.3) is 0 Å². The molecule has 0 bridgehead atoms. The van der Waals surface area contributed by atoms with Gasteiger partial charge >= 0.3 is 6.09 Å². The third kappa shape index (κ3) is 8.63. The van der Waals surface area contributed by atoms with E-state index < -0.39 is 35.6 Å². The number of carbonyl (C=O) groups is 3. The Labute approximate surface area is 239 Å². The highest BCUT2D eigenvalue weighted by atomic mass is 16.6. The maximum absolute atomic E-state index is 14.0. The highest BCUT2D eigenvalue weighted by molar-refractivity contribution is 5.99.